The molecule has 4 nitrogen and oxygen atoms in total. The summed E-state index contributed by atoms with van der Waals surface area (Å²) < 4.78 is 45.3. The van der Waals surface area contributed by atoms with Gasteiger partial charge in [0.1, 0.15) is 6.26 Å². The molecule has 0 spiro atoms. The molecule has 0 atom stereocenters. The second kappa shape index (κ2) is 5.49. The van der Waals surface area contributed by atoms with Gasteiger partial charge >= 0.3 is 6.18 Å². The van der Waals surface area contributed by atoms with Crippen LogP contribution in [0.15, 0.2) is 41.8 Å². The van der Waals surface area contributed by atoms with Gasteiger partial charge in [0.15, 0.2) is 0 Å². The quantitative estimate of drug-likeness (QED) is 0.913. The van der Waals surface area contributed by atoms with E-state index in [9.17, 15) is 13.2 Å². The van der Waals surface area contributed by atoms with Gasteiger partial charge in [-0.15, -0.1) is 5.10 Å². The van der Waals surface area contributed by atoms with E-state index in [2.05, 4.69) is 10.5 Å². The predicted octanol–water partition coefficient (Wildman–Crippen LogP) is 2.79. The maximum Gasteiger partial charge on any atom is 0.417 e. The van der Waals surface area contributed by atoms with Crippen molar-refractivity contribution in [2.75, 3.05) is 20.1 Å². The first-order valence-corrected chi connectivity index (χ1v) is 6.69. The SMILES string of the molecule is CN1CC=C(c2ccc(C3=NNC=CO3)cc2C(F)(F)F)C1. The lowest BCUT2D eigenvalue weighted by atomic mass is 9.97. The molecule has 2 aliphatic rings. The number of nitrogens with zero attached hydrogens (tertiary/aromatic N) is 2. The summed E-state index contributed by atoms with van der Waals surface area (Å²) in [5.41, 5.74) is 3.05. The van der Waals surface area contributed by atoms with Crippen LogP contribution >= 0.6 is 0 Å². The van der Waals surface area contributed by atoms with E-state index in [1.807, 2.05) is 18.0 Å². The van der Waals surface area contributed by atoms with Gasteiger partial charge < -0.3 is 4.74 Å². The minimum absolute atomic E-state index is 0.108. The number of hydrazone groups is 1. The van der Waals surface area contributed by atoms with Crippen molar-refractivity contribution in [3.63, 3.8) is 0 Å². The molecule has 0 saturated heterocycles. The summed E-state index contributed by atoms with van der Waals surface area (Å²) in [7, 11) is 1.87. The van der Waals surface area contributed by atoms with Gasteiger partial charge in [-0.3, -0.25) is 10.3 Å². The highest BCUT2D eigenvalue weighted by atomic mass is 19.4. The van der Waals surface area contributed by atoms with Gasteiger partial charge in [-0.2, -0.15) is 13.2 Å². The van der Waals surface area contributed by atoms with Crippen molar-refractivity contribution in [2.24, 2.45) is 5.10 Å². The molecular formula is C15H14F3N3O. The molecule has 1 N–H and O–H groups in total. The molecule has 22 heavy (non-hydrogen) atoms. The highest BCUT2D eigenvalue weighted by molar-refractivity contribution is 5.95. The molecule has 3 rings (SSSR count). The van der Waals surface area contributed by atoms with Crippen LogP contribution < -0.4 is 5.43 Å². The highest BCUT2D eigenvalue weighted by Gasteiger charge is 2.35. The van der Waals surface area contributed by atoms with Gasteiger partial charge in [0, 0.05) is 18.7 Å². The van der Waals surface area contributed by atoms with Crippen molar-refractivity contribution in [3.8, 4) is 0 Å². The number of hydrogen-bond acceptors (Lipinski definition) is 4. The lowest BCUT2D eigenvalue weighted by Gasteiger charge is -2.17. The monoisotopic (exact) mass is 309 g/mol. The van der Waals surface area contributed by atoms with Crippen molar-refractivity contribution in [1.29, 1.82) is 0 Å². The third-order valence-electron chi connectivity index (χ3n) is 3.50. The number of rotatable bonds is 2. The van der Waals surface area contributed by atoms with E-state index >= 15 is 0 Å². The summed E-state index contributed by atoms with van der Waals surface area (Å²) >= 11 is 0. The van der Waals surface area contributed by atoms with Gasteiger partial charge in [-0.05, 0) is 30.3 Å². The van der Waals surface area contributed by atoms with Gasteiger partial charge in [-0.25, -0.2) is 0 Å². The fraction of sp³-hybridized carbons (Fsp3) is 0.267. The number of hydrogen-bond donors (Lipinski definition) is 1. The smallest absolute Gasteiger partial charge is 0.417 e. The molecule has 2 heterocycles. The highest BCUT2D eigenvalue weighted by Crippen LogP contribution is 2.37. The van der Waals surface area contributed by atoms with Crippen LogP contribution in [0.1, 0.15) is 16.7 Å². The molecule has 1 aromatic carbocycles. The minimum atomic E-state index is -4.44. The van der Waals surface area contributed by atoms with Crippen LogP contribution in [0.5, 0.6) is 0 Å². The Kier molecular flexibility index (Phi) is 3.66. The van der Waals surface area contributed by atoms with E-state index in [1.165, 1.54) is 18.5 Å². The third-order valence-corrected chi connectivity index (χ3v) is 3.50. The summed E-state index contributed by atoms with van der Waals surface area (Å²) in [5, 5.41) is 3.83. The molecule has 0 fully saturated rings. The van der Waals surface area contributed by atoms with Crippen LogP contribution in [0.3, 0.4) is 0 Å². The first-order valence-electron chi connectivity index (χ1n) is 6.69. The Morgan fingerprint density at radius 1 is 1.32 bits per heavy atom. The average Bonchev–Trinajstić information content (AvgIpc) is 2.93. The van der Waals surface area contributed by atoms with Crippen LogP contribution in [-0.4, -0.2) is 30.9 Å². The van der Waals surface area contributed by atoms with Crippen LogP contribution in [0.25, 0.3) is 5.57 Å². The number of likely N-dealkylation sites (N-methyl/N-ethyl adjacent to an activating group) is 1. The van der Waals surface area contributed by atoms with Gasteiger partial charge in [0.05, 0.1) is 11.8 Å². The van der Waals surface area contributed by atoms with Crippen LogP contribution in [-0.2, 0) is 10.9 Å². The topological polar surface area (TPSA) is 36.9 Å². The summed E-state index contributed by atoms with van der Waals surface area (Å²) in [4.78, 5) is 1.95. The molecule has 2 aliphatic heterocycles. The molecular weight excluding hydrogens is 295 g/mol. The van der Waals surface area contributed by atoms with Crippen LogP contribution in [0.2, 0.25) is 0 Å². The lowest BCUT2D eigenvalue weighted by Crippen LogP contribution is -2.17. The van der Waals surface area contributed by atoms with Crippen molar-refractivity contribution < 1.29 is 17.9 Å². The maximum atomic E-state index is 13.4. The van der Waals surface area contributed by atoms with E-state index in [0.29, 0.717) is 18.7 Å². The molecule has 116 valence electrons. The van der Waals surface area contributed by atoms with E-state index < -0.39 is 11.7 Å². The van der Waals surface area contributed by atoms with E-state index in [4.69, 9.17) is 4.74 Å². The standard InChI is InChI=1S/C15H14F3N3O/c1-21-6-4-11(9-21)12-3-2-10(8-13(12)15(16,17)18)14-20-19-5-7-22-14/h2-5,7-8,19H,6,9H2,1H3. The van der Waals surface area contributed by atoms with Gasteiger partial charge in [-0.1, -0.05) is 12.1 Å². The Labute approximate surface area is 125 Å². The number of alkyl halides is 3. The molecule has 0 radical (unpaired) electrons. The summed E-state index contributed by atoms with van der Waals surface area (Å²) in [5.74, 6) is 0.108. The Balaban J connectivity index is 2.03. The summed E-state index contributed by atoms with van der Waals surface area (Å²) in [6.07, 6.45) is 0.161. The molecule has 0 aromatic heterocycles. The second-order valence-corrected chi connectivity index (χ2v) is 5.15. The molecule has 0 bridgehead atoms. The average molecular weight is 309 g/mol. The number of nitrogens with one attached hydrogen (secondary N) is 1. The zero-order valence-corrected chi connectivity index (χ0v) is 11.8. The lowest BCUT2D eigenvalue weighted by molar-refractivity contribution is -0.137. The first-order chi connectivity index (χ1) is 10.4. The second-order valence-electron chi connectivity index (χ2n) is 5.15. The normalized spacial score (nSPS) is 18.5. The third kappa shape index (κ3) is 2.85. The first kappa shape index (κ1) is 14.6. The zero-order chi connectivity index (χ0) is 15.7. The maximum absolute atomic E-state index is 13.4. The molecule has 1 aromatic rings. The van der Waals surface area contributed by atoms with Crippen molar-refractivity contribution >= 4 is 11.5 Å². The van der Waals surface area contributed by atoms with Gasteiger partial charge in [0.25, 0.3) is 0 Å². The van der Waals surface area contributed by atoms with E-state index in [1.54, 1.807) is 6.07 Å². The van der Waals surface area contributed by atoms with Crippen molar-refractivity contribution in [2.45, 2.75) is 6.18 Å². The number of benzene rings is 1. The molecule has 0 amide bonds. The summed E-state index contributed by atoms with van der Waals surface area (Å²) in [6, 6.07) is 4.14. The molecule has 0 saturated carbocycles. The van der Waals surface area contributed by atoms with E-state index in [-0.39, 0.29) is 17.0 Å². The number of ether oxygens (including phenoxy) is 1. The Morgan fingerprint density at radius 3 is 2.73 bits per heavy atom. The number of halogens is 3. The van der Waals surface area contributed by atoms with Crippen molar-refractivity contribution in [3.05, 3.63) is 53.4 Å². The Bertz CT molecular complexity index is 677. The molecule has 7 heteroatoms. The van der Waals surface area contributed by atoms with Gasteiger partial charge in [0.2, 0.25) is 5.90 Å². The fourth-order valence-corrected chi connectivity index (χ4v) is 2.46. The Hall–Kier alpha value is -2.28. The molecule has 0 unspecified atom stereocenters. The Morgan fingerprint density at radius 2 is 2.14 bits per heavy atom. The van der Waals surface area contributed by atoms with E-state index in [0.717, 1.165) is 6.07 Å². The van der Waals surface area contributed by atoms with Crippen LogP contribution in [0, 0.1) is 0 Å². The van der Waals surface area contributed by atoms with Crippen LogP contribution in [0.4, 0.5) is 13.2 Å². The largest absolute Gasteiger partial charge is 0.443 e. The predicted molar refractivity (Wildman–Crippen MR) is 76.8 cm³/mol. The molecule has 0 aliphatic carbocycles. The summed E-state index contributed by atoms with van der Waals surface area (Å²) in [6.45, 7) is 1.16. The fourth-order valence-electron chi connectivity index (χ4n) is 2.46. The minimum Gasteiger partial charge on any atom is -0.443 e. The van der Waals surface area contributed by atoms with Crippen molar-refractivity contribution in [1.82, 2.24) is 10.3 Å². The zero-order valence-electron chi connectivity index (χ0n) is 11.8.